The standard InChI is InChI=1S/C8H20O2Si.C4H11N/c1-3-5-7-9-11-10-8-6-4-2;1-3-5-4-2/h3-8,11H2,1-2H3;5H,3-4H2,1-2H3. The molecule has 0 aliphatic rings. The first kappa shape index (κ1) is 18.5. The molecule has 4 heteroatoms. The summed E-state index contributed by atoms with van der Waals surface area (Å²) in [4.78, 5) is 0. The van der Waals surface area contributed by atoms with E-state index in [4.69, 9.17) is 8.85 Å². The van der Waals surface area contributed by atoms with Gasteiger partial charge >= 0.3 is 10.0 Å². The van der Waals surface area contributed by atoms with Crippen LogP contribution in [0.3, 0.4) is 0 Å². The van der Waals surface area contributed by atoms with Crippen LogP contribution in [0.4, 0.5) is 0 Å². The number of rotatable bonds is 10. The molecule has 0 radical (unpaired) electrons. The summed E-state index contributed by atoms with van der Waals surface area (Å²) in [6.07, 6.45) is 4.76. The van der Waals surface area contributed by atoms with Crippen LogP contribution in [0.5, 0.6) is 0 Å². The molecule has 0 rings (SSSR count). The van der Waals surface area contributed by atoms with E-state index in [0.29, 0.717) is 0 Å². The average Bonchev–Trinajstić information content (AvgIpc) is 2.30. The monoisotopic (exact) mass is 249 g/mol. The van der Waals surface area contributed by atoms with Crippen LogP contribution in [0.15, 0.2) is 0 Å². The molecule has 0 amide bonds. The van der Waals surface area contributed by atoms with E-state index in [1.807, 2.05) is 0 Å². The molecule has 0 aliphatic carbocycles. The fraction of sp³-hybridized carbons (Fsp3) is 1.00. The van der Waals surface area contributed by atoms with Crippen molar-refractivity contribution in [1.29, 1.82) is 0 Å². The highest BCUT2D eigenvalue weighted by molar-refractivity contribution is 6.17. The van der Waals surface area contributed by atoms with Crippen LogP contribution < -0.4 is 5.32 Å². The largest absolute Gasteiger partial charge is 0.399 e. The molecule has 16 heavy (non-hydrogen) atoms. The van der Waals surface area contributed by atoms with Crippen LogP contribution >= 0.6 is 0 Å². The predicted molar refractivity (Wildman–Crippen MR) is 74.5 cm³/mol. The molecular weight excluding hydrogens is 218 g/mol. The Bertz CT molecular complexity index is 95.0. The lowest BCUT2D eigenvalue weighted by Crippen LogP contribution is -2.09. The Morgan fingerprint density at radius 1 is 0.812 bits per heavy atom. The third-order valence-corrected chi connectivity index (χ3v) is 2.86. The molecule has 0 spiro atoms. The van der Waals surface area contributed by atoms with Gasteiger partial charge in [0.05, 0.1) is 0 Å². The van der Waals surface area contributed by atoms with Crippen molar-refractivity contribution in [3.63, 3.8) is 0 Å². The van der Waals surface area contributed by atoms with Crippen LogP contribution in [0.25, 0.3) is 0 Å². The smallest absolute Gasteiger partial charge is 0.304 e. The van der Waals surface area contributed by atoms with Crippen molar-refractivity contribution in [2.24, 2.45) is 0 Å². The molecule has 100 valence electrons. The number of nitrogens with one attached hydrogen (secondary N) is 1. The van der Waals surface area contributed by atoms with Crippen molar-refractivity contribution in [2.75, 3.05) is 26.3 Å². The third-order valence-electron chi connectivity index (χ3n) is 1.95. The summed E-state index contributed by atoms with van der Waals surface area (Å²) in [5.74, 6) is 0. The van der Waals surface area contributed by atoms with Gasteiger partial charge in [0.1, 0.15) is 0 Å². The summed E-state index contributed by atoms with van der Waals surface area (Å²) >= 11 is 0. The Balaban J connectivity index is 0. The average molecular weight is 249 g/mol. The minimum atomic E-state index is -0.629. The fourth-order valence-corrected chi connectivity index (χ4v) is 1.68. The summed E-state index contributed by atoms with van der Waals surface area (Å²) < 4.78 is 10.7. The lowest BCUT2D eigenvalue weighted by Gasteiger charge is -2.03. The van der Waals surface area contributed by atoms with Crippen LogP contribution in [0.1, 0.15) is 53.4 Å². The Morgan fingerprint density at radius 3 is 1.50 bits per heavy atom. The van der Waals surface area contributed by atoms with Crippen molar-refractivity contribution in [3.8, 4) is 0 Å². The first-order valence-corrected chi connectivity index (χ1v) is 7.84. The van der Waals surface area contributed by atoms with E-state index in [1.165, 1.54) is 25.7 Å². The van der Waals surface area contributed by atoms with E-state index in [9.17, 15) is 0 Å². The molecule has 0 bridgehead atoms. The van der Waals surface area contributed by atoms with Crippen LogP contribution in [0.2, 0.25) is 0 Å². The highest BCUT2D eigenvalue weighted by Gasteiger charge is 1.88. The lowest BCUT2D eigenvalue weighted by atomic mass is 10.4. The summed E-state index contributed by atoms with van der Waals surface area (Å²) in [6, 6.07) is 0. The normalized spacial score (nSPS) is 9.75. The molecule has 0 aromatic heterocycles. The zero-order valence-corrected chi connectivity index (χ0v) is 13.1. The molecule has 0 heterocycles. The second-order valence-electron chi connectivity index (χ2n) is 3.60. The molecule has 1 N–H and O–H groups in total. The molecule has 3 nitrogen and oxygen atoms in total. The van der Waals surface area contributed by atoms with E-state index in [0.717, 1.165) is 26.3 Å². The molecule has 0 aromatic rings. The number of hydrogen-bond acceptors (Lipinski definition) is 3. The van der Waals surface area contributed by atoms with Gasteiger partial charge in [0.25, 0.3) is 0 Å². The maximum absolute atomic E-state index is 5.34. The summed E-state index contributed by atoms with van der Waals surface area (Å²) in [5, 5.41) is 3.11. The summed E-state index contributed by atoms with van der Waals surface area (Å²) in [5.41, 5.74) is 0. The zero-order valence-electron chi connectivity index (χ0n) is 11.7. The van der Waals surface area contributed by atoms with Gasteiger partial charge in [0, 0.05) is 13.2 Å². The quantitative estimate of drug-likeness (QED) is 0.476. The minimum absolute atomic E-state index is 0.629. The Kier molecular flexibility index (Phi) is 23.7. The number of unbranched alkanes of at least 4 members (excludes halogenated alkanes) is 2. The third kappa shape index (κ3) is 23.7. The molecule has 0 saturated carbocycles. The first-order chi connectivity index (χ1) is 7.83. The molecule has 0 aliphatic heterocycles. The minimum Gasteiger partial charge on any atom is -0.399 e. The molecule has 0 fully saturated rings. The number of hydrogen-bond donors (Lipinski definition) is 1. The Morgan fingerprint density at radius 2 is 1.25 bits per heavy atom. The molecule has 0 atom stereocenters. The van der Waals surface area contributed by atoms with Gasteiger partial charge in [-0.2, -0.15) is 0 Å². The van der Waals surface area contributed by atoms with E-state index >= 15 is 0 Å². The van der Waals surface area contributed by atoms with E-state index < -0.39 is 10.0 Å². The van der Waals surface area contributed by atoms with Crippen molar-refractivity contribution in [1.82, 2.24) is 5.32 Å². The molecule has 0 saturated heterocycles. The predicted octanol–water partition coefficient (Wildman–Crippen LogP) is 2.23. The van der Waals surface area contributed by atoms with Gasteiger partial charge in [0.2, 0.25) is 0 Å². The van der Waals surface area contributed by atoms with E-state index in [2.05, 4.69) is 33.0 Å². The second-order valence-corrected chi connectivity index (χ2v) is 4.65. The maximum Gasteiger partial charge on any atom is 0.304 e. The summed E-state index contributed by atoms with van der Waals surface area (Å²) in [6.45, 7) is 12.5. The first-order valence-electron chi connectivity index (χ1n) is 6.69. The van der Waals surface area contributed by atoms with Crippen molar-refractivity contribution >= 4 is 10.0 Å². The van der Waals surface area contributed by atoms with E-state index in [1.54, 1.807) is 0 Å². The van der Waals surface area contributed by atoms with Crippen molar-refractivity contribution in [3.05, 3.63) is 0 Å². The van der Waals surface area contributed by atoms with Gasteiger partial charge in [-0.15, -0.1) is 0 Å². The van der Waals surface area contributed by atoms with Crippen LogP contribution in [-0.4, -0.2) is 36.3 Å². The topological polar surface area (TPSA) is 30.5 Å². The van der Waals surface area contributed by atoms with Crippen LogP contribution in [-0.2, 0) is 8.85 Å². The zero-order chi connectivity index (χ0) is 12.5. The lowest BCUT2D eigenvalue weighted by molar-refractivity contribution is 0.216. The molecular formula is C12H31NO2Si. The maximum atomic E-state index is 5.34. The van der Waals surface area contributed by atoms with Gasteiger partial charge in [-0.25, -0.2) is 0 Å². The Labute approximate surface area is 104 Å². The van der Waals surface area contributed by atoms with E-state index in [-0.39, 0.29) is 0 Å². The highest BCUT2D eigenvalue weighted by Crippen LogP contribution is 1.89. The molecule has 0 aromatic carbocycles. The SMILES string of the molecule is CCCCO[SiH2]OCCCC.CCNCC. The fourth-order valence-electron chi connectivity index (χ4n) is 0.920. The van der Waals surface area contributed by atoms with Gasteiger partial charge in [-0.1, -0.05) is 40.5 Å². The highest BCUT2D eigenvalue weighted by atomic mass is 28.3. The van der Waals surface area contributed by atoms with Gasteiger partial charge in [0.15, 0.2) is 0 Å². The van der Waals surface area contributed by atoms with Crippen molar-refractivity contribution < 1.29 is 8.85 Å². The van der Waals surface area contributed by atoms with Crippen LogP contribution in [0, 0.1) is 0 Å². The Hall–Kier alpha value is 0.0969. The van der Waals surface area contributed by atoms with Gasteiger partial charge in [-0.05, 0) is 25.9 Å². The van der Waals surface area contributed by atoms with Gasteiger partial charge < -0.3 is 14.2 Å². The molecule has 0 unspecified atom stereocenters. The van der Waals surface area contributed by atoms with Gasteiger partial charge in [-0.3, -0.25) is 0 Å². The van der Waals surface area contributed by atoms with Crippen molar-refractivity contribution in [2.45, 2.75) is 53.4 Å². The second kappa shape index (κ2) is 20.5. The summed E-state index contributed by atoms with van der Waals surface area (Å²) in [7, 11) is -0.629.